The number of ether oxygens (including phenoxy) is 1. The van der Waals surface area contributed by atoms with Gasteiger partial charge in [-0.2, -0.15) is 5.10 Å². The van der Waals surface area contributed by atoms with E-state index in [4.69, 9.17) is 21.4 Å². The molecule has 0 fully saturated rings. The number of nitrogens with zero attached hydrogens (tertiary/aromatic N) is 2. The maximum Gasteiger partial charge on any atom is 0.335 e. The van der Waals surface area contributed by atoms with E-state index in [0.29, 0.717) is 23.2 Å². The van der Waals surface area contributed by atoms with E-state index in [2.05, 4.69) is 38.1 Å². The highest BCUT2D eigenvalue weighted by Gasteiger charge is 2.28. The number of carboxylic acids is 1. The van der Waals surface area contributed by atoms with Gasteiger partial charge >= 0.3 is 5.97 Å². The van der Waals surface area contributed by atoms with Crippen LogP contribution in [-0.2, 0) is 29.1 Å². The zero-order valence-corrected chi connectivity index (χ0v) is 19.9. The average molecular weight is 455 g/mol. The molecule has 1 aromatic heterocycles. The quantitative estimate of drug-likeness (QED) is 0.395. The number of rotatable bonds is 10. The lowest BCUT2D eigenvalue weighted by atomic mass is 10.00. The highest BCUT2D eigenvalue weighted by atomic mass is 35.5. The van der Waals surface area contributed by atoms with Crippen LogP contribution >= 0.6 is 11.6 Å². The molecule has 0 atom stereocenters. The van der Waals surface area contributed by atoms with Gasteiger partial charge in [-0.3, -0.25) is 4.68 Å². The van der Waals surface area contributed by atoms with Crippen molar-refractivity contribution in [3.63, 3.8) is 0 Å². The van der Waals surface area contributed by atoms with Crippen LogP contribution in [0.25, 0.3) is 11.3 Å². The Labute approximate surface area is 195 Å². The third-order valence-corrected chi connectivity index (χ3v) is 5.81. The topological polar surface area (TPSA) is 64.3 Å². The predicted molar refractivity (Wildman–Crippen MR) is 128 cm³/mol. The van der Waals surface area contributed by atoms with Gasteiger partial charge in [0.15, 0.2) is 5.60 Å². The molecule has 0 bridgehead atoms. The number of hydrogen-bond donors (Lipinski definition) is 1. The Morgan fingerprint density at radius 2 is 1.91 bits per heavy atom. The molecular formula is C26H31ClN2O3. The summed E-state index contributed by atoms with van der Waals surface area (Å²) >= 11 is 6.40. The molecule has 0 radical (unpaired) electrons. The number of aromatic nitrogens is 2. The van der Waals surface area contributed by atoms with Crippen LogP contribution in [0.5, 0.6) is 0 Å². The smallest absolute Gasteiger partial charge is 0.335 e. The van der Waals surface area contributed by atoms with Crippen molar-refractivity contribution in [3.05, 3.63) is 76.4 Å². The SMILES string of the molecule is CC(C)CCc1cccc(-c2cc(COC(C)(C)C(=O)O)nn2Cc2ccccc2Cl)c1. The Bertz CT molecular complexity index is 1070. The molecule has 1 N–H and O–H groups in total. The van der Waals surface area contributed by atoms with Crippen molar-refractivity contribution >= 4 is 17.6 Å². The van der Waals surface area contributed by atoms with E-state index >= 15 is 0 Å². The maximum atomic E-state index is 11.4. The number of carboxylic acid groups (broad SMARTS) is 1. The van der Waals surface area contributed by atoms with Gasteiger partial charge in [0.2, 0.25) is 0 Å². The van der Waals surface area contributed by atoms with Crippen molar-refractivity contribution in [2.75, 3.05) is 0 Å². The summed E-state index contributed by atoms with van der Waals surface area (Å²) in [4.78, 5) is 11.4. The lowest BCUT2D eigenvalue weighted by Crippen LogP contribution is -2.34. The van der Waals surface area contributed by atoms with Crippen LogP contribution in [0.3, 0.4) is 0 Å². The summed E-state index contributed by atoms with van der Waals surface area (Å²) in [6.07, 6.45) is 2.15. The van der Waals surface area contributed by atoms with Gasteiger partial charge in [0, 0.05) is 10.6 Å². The minimum Gasteiger partial charge on any atom is -0.479 e. The maximum absolute atomic E-state index is 11.4. The number of aliphatic carboxylic acids is 1. The third kappa shape index (κ3) is 6.21. The molecule has 3 aromatic rings. The first kappa shape index (κ1) is 24.0. The first-order valence-corrected chi connectivity index (χ1v) is 11.3. The predicted octanol–water partition coefficient (Wildman–Crippen LogP) is 6.22. The lowest BCUT2D eigenvalue weighted by Gasteiger charge is -2.19. The Balaban J connectivity index is 1.94. The summed E-state index contributed by atoms with van der Waals surface area (Å²) in [6, 6.07) is 18.2. The van der Waals surface area contributed by atoms with Crippen LogP contribution in [0.1, 0.15) is 50.9 Å². The Morgan fingerprint density at radius 1 is 1.16 bits per heavy atom. The molecule has 3 rings (SSSR count). The molecule has 0 aliphatic carbocycles. The normalized spacial score (nSPS) is 11.8. The van der Waals surface area contributed by atoms with Crippen LogP contribution in [-0.4, -0.2) is 26.5 Å². The Morgan fingerprint density at radius 3 is 2.59 bits per heavy atom. The van der Waals surface area contributed by atoms with Gasteiger partial charge in [-0.15, -0.1) is 0 Å². The standard InChI is InChI=1S/C26H31ClN2O3/c1-18(2)12-13-19-8-7-10-20(14-19)24-15-22(17-32-26(3,4)25(30)31)28-29(24)16-21-9-5-6-11-23(21)27/h5-11,14-15,18H,12-13,16-17H2,1-4H3,(H,30,31). The van der Waals surface area contributed by atoms with Crippen molar-refractivity contribution in [3.8, 4) is 11.3 Å². The van der Waals surface area contributed by atoms with Crippen molar-refractivity contribution in [1.82, 2.24) is 9.78 Å². The number of hydrogen-bond acceptors (Lipinski definition) is 3. The molecule has 1 heterocycles. The van der Waals surface area contributed by atoms with Gasteiger partial charge < -0.3 is 9.84 Å². The van der Waals surface area contributed by atoms with Crippen LogP contribution in [0.2, 0.25) is 5.02 Å². The Hall–Kier alpha value is -2.63. The van der Waals surface area contributed by atoms with Crippen molar-refractivity contribution in [2.45, 2.75) is 59.3 Å². The van der Waals surface area contributed by atoms with E-state index in [1.165, 1.54) is 19.4 Å². The summed E-state index contributed by atoms with van der Waals surface area (Å²) in [5.74, 6) is -0.364. The molecule has 0 aliphatic heterocycles. The van der Waals surface area contributed by atoms with Crippen LogP contribution < -0.4 is 0 Å². The average Bonchev–Trinajstić information content (AvgIpc) is 3.15. The zero-order chi connectivity index (χ0) is 23.3. The second kappa shape index (κ2) is 10.3. The number of benzene rings is 2. The molecule has 0 spiro atoms. The minimum absolute atomic E-state index is 0.106. The lowest BCUT2D eigenvalue weighted by molar-refractivity contribution is -0.162. The largest absolute Gasteiger partial charge is 0.479 e. The van der Waals surface area contributed by atoms with E-state index in [1.807, 2.05) is 35.0 Å². The minimum atomic E-state index is -1.29. The summed E-state index contributed by atoms with van der Waals surface area (Å²) in [5.41, 5.74) is 3.65. The second-order valence-electron chi connectivity index (χ2n) is 9.01. The monoisotopic (exact) mass is 454 g/mol. The van der Waals surface area contributed by atoms with Gasteiger partial charge in [-0.05, 0) is 61.9 Å². The molecule has 0 saturated carbocycles. The van der Waals surface area contributed by atoms with Crippen molar-refractivity contribution in [1.29, 1.82) is 0 Å². The van der Waals surface area contributed by atoms with Crippen LogP contribution in [0, 0.1) is 5.92 Å². The Kier molecular flexibility index (Phi) is 7.75. The summed E-state index contributed by atoms with van der Waals surface area (Å²) in [6.45, 7) is 8.15. The first-order chi connectivity index (χ1) is 15.2. The second-order valence-corrected chi connectivity index (χ2v) is 9.41. The van der Waals surface area contributed by atoms with Crippen LogP contribution in [0.4, 0.5) is 0 Å². The molecule has 0 amide bonds. The fourth-order valence-corrected chi connectivity index (χ4v) is 3.53. The molecular weight excluding hydrogens is 424 g/mol. The molecule has 6 heteroatoms. The molecule has 2 aromatic carbocycles. The van der Waals surface area contributed by atoms with E-state index in [-0.39, 0.29) is 6.61 Å². The molecule has 170 valence electrons. The molecule has 32 heavy (non-hydrogen) atoms. The number of halogens is 1. The van der Waals surface area contributed by atoms with Gasteiger partial charge in [0.05, 0.1) is 24.5 Å². The van der Waals surface area contributed by atoms with Crippen molar-refractivity contribution in [2.24, 2.45) is 5.92 Å². The molecule has 0 saturated heterocycles. The van der Waals surface area contributed by atoms with E-state index in [9.17, 15) is 9.90 Å². The zero-order valence-electron chi connectivity index (χ0n) is 19.1. The van der Waals surface area contributed by atoms with E-state index in [1.54, 1.807) is 0 Å². The summed E-state index contributed by atoms with van der Waals surface area (Å²) < 4.78 is 7.55. The highest BCUT2D eigenvalue weighted by molar-refractivity contribution is 6.31. The first-order valence-electron chi connectivity index (χ1n) is 10.9. The molecule has 5 nitrogen and oxygen atoms in total. The molecule has 0 aliphatic rings. The summed E-state index contributed by atoms with van der Waals surface area (Å²) in [5, 5.41) is 14.8. The highest BCUT2D eigenvalue weighted by Crippen LogP contribution is 2.26. The summed E-state index contributed by atoms with van der Waals surface area (Å²) in [7, 11) is 0. The number of carbonyl (C=O) groups is 1. The van der Waals surface area contributed by atoms with Gasteiger partial charge in [0.1, 0.15) is 0 Å². The van der Waals surface area contributed by atoms with E-state index in [0.717, 1.165) is 29.7 Å². The third-order valence-electron chi connectivity index (χ3n) is 5.44. The van der Waals surface area contributed by atoms with Gasteiger partial charge in [-0.1, -0.05) is 61.8 Å². The van der Waals surface area contributed by atoms with Gasteiger partial charge in [-0.25, -0.2) is 4.79 Å². The fourth-order valence-electron chi connectivity index (χ4n) is 3.34. The van der Waals surface area contributed by atoms with Gasteiger partial charge in [0.25, 0.3) is 0 Å². The van der Waals surface area contributed by atoms with E-state index < -0.39 is 11.6 Å². The molecule has 0 unspecified atom stereocenters. The van der Waals surface area contributed by atoms with Crippen LogP contribution in [0.15, 0.2) is 54.6 Å². The fraction of sp³-hybridized carbons (Fsp3) is 0.385. The number of aryl methyl sites for hydroxylation is 1. The van der Waals surface area contributed by atoms with Crippen molar-refractivity contribution < 1.29 is 14.6 Å².